The van der Waals surface area contributed by atoms with Gasteiger partial charge in [-0.25, -0.2) is 4.79 Å². The quantitative estimate of drug-likeness (QED) is 0.898. The molecule has 1 aromatic heterocycles. The largest absolute Gasteiger partial charge is 0.328 e. The standard InChI is InChI=1S/C17H21N3O3/c1-10-5-6-13(9-11(10)2)19-15(21)8-7-14-12(3)18-17(23)20(4)16(14)22/h5-6,9H,7-8H2,1-4H3,(H,18,23)(H,19,21). The Morgan fingerprint density at radius 3 is 2.52 bits per heavy atom. The van der Waals surface area contributed by atoms with Gasteiger partial charge in [-0.05, 0) is 50.5 Å². The van der Waals surface area contributed by atoms with Crippen molar-refractivity contribution >= 4 is 11.6 Å². The predicted octanol–water partition coefficient (Wildman–Crippen LogP) is 1.57. The van der Waals surface area contributed by atoms with Crippen molar-refractivity contribution in [2.24, 2.45) is 7.05 Å². The minimum absolute atomic E-state index is 0.166. The molecule has 0 aliphatic rings. The molecule has 1 heterocycles. The third-order valence-electron chi connectivity index (χ3n) is 4.01. The number of nitrogens with one attached hydrogen (secondary N) is 2. The van der Waals surface area contributed by atoms with Crippen LogP contribution >= 0.6 is 0 Å². The minimum Gasteiger partial charge on any atom is -0.326 e. The first kappa shape index (κ1) is 16.7. The highest BCUT2D eigenvalue weighted by Crippen LogP contribution is 2.14. The van der Waals surface area contributed by atoms with Crippen LogP contribution in [0.3, 0.4) is 0 Å². The summed E-state index contributed by atoms with van der Waals surface area (Å²) in [6.45, 7) is 5.66. The molecule has 0 atom stereocenters. The van der Waals surface area contributed by atoms with Crippen molar-refractivity contribution in [3.8, 4) is 0 Å². The number of carbonyl (C=O) groups excluding carboxylic acids is 1. The monoisotopic (exact) mass is 315 g/mol. The van der Waals surface area contributed by atoms with Crippen LogP contribution in [0.25, 0.3) is 0 Å². The van der Waals surface area contributed by atoms with E-state index in [4.69, 9.17) is 0 Å². The minimum atomic E-state index is -0.448. The lowest BCUT2D eigenvalue weighted by Crippen LogP contribution is -2.36. The first-order valence-corrected chi connectivity index (χ1v) is 7.45. The zero-order chi connectivity index (χ0) is 17.1. The van der Waals surface area contributed by atoms with Gasteiger partial charge in [-0.3, -0.25) is 14.2 Å². The maximum atomic E-state index is 12.1. The molecule has 1 aromatic carbocycles. The topological polar surface area (TPSA) is 84.0 Å². The van der Waals surface area contributed by atoms with Crippen molar-refractivity contribution < 1.29 is 4.79 Å². The zero-order valence-corrected chi connectivity index (χ0v) is 13.8. The van der Waals surface area contributed by atoms with E-state index in [1.165, 1.54) is 7.05 Å². The molecule has 23 heavy (non-hydrogen) atoms. The highest BCUT2D eigenvalue weighted by Gasteiger charge is 2.11. The van der Waals surface area contributed by atoms with Gasteiger partial charge in [-0.2, -0.15) is 0 Å². The number of anilines is 1. The number of amides is 1. The number of aromatic nitrogens is 2. The van der Waals surface area contributed by atoms with E-state index >= 15 is 0 Å². The second-order valence-corrected chi connectivity index (χ2v) is 5.75. The number of hydrogen-bond donors (Lipinski definition) is 2. The van der Waals surface area contributed by atoms with Crippen molar-refractivity contribution in [1.29, 1.82) is 0 Å². The summed E-state index contributed by atoms with van der Waals surface area (Å²) in [6.07, 6.45) is 0.459. The first-order chi connectivity index (χ1) is 10.8. The number of nitrogens with zero attached hydrogens (tertiary/aromatic N) is 1. The molecule has 0 saturated heterocycles. The Morgan fingerprint density at radius 1 is 1.17 bits per heavy atom. The van der Waals surface area contributed by atoms with Gasteiger partial charge in [0, 0.05) is 30.4 Å². The van der Waals surface area contributed by atoms with Crippen molar-refractivity contribution in [3.63, 3.8) is 0 Å². The molecule has 0 aliphatic heterocycles. The average Bonchev–Trinajstić information content (AvgIpc) is 2.48. The maximum absolute atomic E-state index is 12.1. The van der Waals surface area contributed by atoms with Gasteiger partial charge in [0.25, 0.3) is 5.56 Å². The van der Waals surface area contributed by atoms with E-state index in [9.17, 15) is 14.4 Å². The van der Waals surface area contributed by atoms with Crippen LogP contribution in [0, 0.1) is 20.8 Å². The smallest absolute Gasteiger partial charge is 0.326 e. The van der Waals surface area contributed by atoms with E-state index in [0.717, 1.165) is 21.4 Å². The zero-order valence-electron chi connectivity index (χ0n) is 13.8. The maximum Gasteiger partial charge on any atom is 0.328 e. The van der Waals surface area contributed by atoms with Gasteiger partial charge in [0.1, 0.15) is 0 Å². The summed E-state index contributed by atoms with van der Waals surface area (Å²) in [7, 11) is 1.42. The van der Waals surface area contributed by atoms with Crippen LogP contribution in [0.15, 0.2) is 27.8 Å². The Hall–Kier alpha value is -2.63. The van der Waals surface area contributed by atoms with Crippen LogP contribution in [0.1, 0.15) is 28.8 Å². The molecule has 0 unspecified atom stereocenters. The van der Waals surface area contributed by atoms with Crippen LogP contribution in [0.4, 0.5) is 5.69 Å². The van der Waals surface area contributed by atoms with Crippen LogP contribution < -0.4 is 16.6 Å². The summed E-state index contributed by atoms with van der Waals surface area (Å²) in [6, 6.07) is 5.72. The summed E-state index contributed by atoms with van der Waals surface area (Å²) >= 11 is 0. The van der Waals surface area contributed by atoms with E-state index < -0.39 is 5.69 Å². The fraction of sp³-hybridized carbons (Fsp3) is 0.353. The highest BCUT2D eigenvalue weighted by atomic mass is 16.2. The summed E-state index contributed by atoms with van der Waals surface area (Å²) < 4.78 is 1.02. The van der Waals surface area contributed by atoms with Crippen LogP contribution in [-0.4, -0.2) is 15.5 Å². The number of hydrogen-bond acceptors (Lipinski definition) is 3. The summed E-state index contributed by atoms with van der Waals surface area (Å²) in [5.74, 6) is -0.166. The van der Waals surface area contributed by atoms with Gasteiger partial charge in [-0.15, -0.1) is 0 Å². The van der Waals surface area contributed by atoms with E-state index in [-0.39, 0.29) is 24.3 Å². The Morgan fingerprint density at radius 2 is 1.87 bits per heavy atom. The van der Waals surface area contributed by atoms with Gasteiger partial charge in [0.15, 0.2) is 0 Å². The average molecular weight is 315 g/mol. The molecule has 0 bridgehead atoms. The van der Waals surface area contributed by atoms with Crippen LogP contribution in [0.2, 0.25) is 0 Å². The number of carbonyl (C=O) groups is 1. The van der Waals surface area contributed by atoms with Crippen molar-refractivity contribution in [2.75, 3.05) is 5.32 Å². The Bertz CT molecular complexity index is 862. The molecule has 0 radical (unpaired) electrons. The van der Waals surface area contributed by atoms with Gasteiger partial charge >= 0.3 is 5.69 Å². The normalized spacial score (nSPS) is 10.6. The predicted molar refractivity (Wildman–Crippen MR) is 89.9 cm³/mol. The number of aryl methyl sites for hydroxylation is 3. The number of aromatic amines is 1. The summed E-state index contributed by atoms with van der Waals surface area (Å²) in [4.78, 5) is 38.2. The van der Waals surface area contributed by atoms with Gasteiger partial charge < -0.3 is 10.3 Å². The first-order valence-electron chi connectivity index (χ1n) is 7.45. The molecule has 0 aliphatic carbocycles. The molecular formula is C17H21N3O3. The molecule has 0 spiro atoms. The lowest BCUT2D eigenvalue weighted by Gasteiger charge is -2.09. The second kappa shape index (κ2) is 6.64. The molecule has 6 nitrogen and oxygen atoms in total. The third-order valence-corrected chi connectivity index (χ3v) is 4.01. The van der Waals surface area contributed by atoms with Crippen molar-refractivity contribution in [3.05, 3.63) is 61.4 Å². The van der Waals surface area contributed by atoms with Gasteiger partial charge in [0.2, 0.25) is 5.91 Å². The van der Waals surface area contributed by atoms with E-state index in [1.54, 1.807) is 6.92 Å². The molecule has 1 amide bonds. The summed E-state index contributed by atoms with van der Waals surface area (Å²) in [5.41, 5.74) is 3.17. The fourth-order valence-electron chi connectivity index (χ4n) is 2.35. The fourth-order valence-corrected chi connectivity index (χ4v) is 2.35. The van der Waals surface area contributed by atoms with Crippen molar-refractivity contribution in [2.45, 2.75) is 33.6 Å². The van der Waals surface area contributed by atoms with Gasteiger partial charge in [0.05, 0.1) is 0 Å². The molecule has 2 aromatic rings. The van der Waals surface area contributed by atoms with E-state index in [0.29, 0.717) is 11.3 Å². The molecule has 2 rings (SSSR count). The molecular weight excluding hydrogens is 294 g/mol. The Kier molecular flexibility index (Phi) is 4.83. The third kappa shape index (κ3) is 3.77. The highest BCUT2D eigenvalue weighted by molar-refractivity contribution is 5.90. The lowest BCUT2D eigenvalue weighted by atomic mass is 10.1. The van der Waals surface area contributed by atoms with Crippen LogP contribution in [-0.2, 0) is 18.3 Å². The molecule has 0 saturated carbocycles. The Labute approximate surface area is 134 Å². The molecule has 2 N–H and O–H groups in total. The van der Waals surface area contributed by atoms with E-state index in [1.807, 2.05) is 32.0 Å². The van der Waals surface area contributed by atoms with Crippen molar-refractivity contribution in [1.82, 2.24) is 9.55 Å². The molecule has 6 heteroatoms. The lowest BCUT2D eigenvalue weighted by molar-refractivity contribution is -0.116. The van der Waals surface area contributed by atoms with Gasteiger partial charge in [-0.1, -0.05) is 6.07 Å². The molecule has 0 fully saturated rings. The number of rotatable bonds is 4. The number of H-pyrrole nitrogens is 1. The SMILES string of the molecule is Cc1ccc(NC(=O)CCc2c(C)[nH]c(=O)n(C)c2=O)cc1C. The van der Waals surface area contributed by atoms with Crippen LogP contribution in [0.5, 0.6) is 0 Å². The molecule has 122 valence electrons. The van der Waals surface area contributed by atoms with E-state index in [2.05, 4.69) is 10.3 Å². The Balaban J connectivity index is 2.08. The summed E-state index contributed by atoms with van der Waals surface area (Å²) in [5, 5.41) is 2.83. The second-order valence-electron chi connectivity index (χ2n) is 5.75. The number of benzene rings is 1.